The maximum atomic E-state index is 12.0. The number of aryl methyl sites for hydroxylation is 2. The average Bonchev–Trinajstić information content (AvgIpc) is 2.85. The van der Waals surface area contributed by atoms with Gasteiger partial charge >= 0.3 is 0 Å². The van der Waals surface area contributed by atoms with Gasteiger partial charge in [0, 0.05) is 23.5 Å². The summed E-state index contributed by atoms with van der Waals surface area (Å²) in [5.74, 6) is 0.0426. The molecule has 2 aromatic rings. The Balaban J connectivity index is 1.88. The van der Waals surface area contributed by atoms with E-state index < -0.39 is 0 Å². The molecule has 20 heavy (non-hydrogen) atoms. The van der Waals surface area contributed by atoms with E-state index in [4.69, 9.17) is 5.73 Å². The van der Waals surface area contributed by atoms with Gasteiger partial charge in [-0.1, -0.05) is 24.3 Å². The van der Waals surface area contributed by atoms with Crippen LogP contribution in [0.2, 0.25) is 0 Å². The summed E-state index contributed by atoms with van der Waals surface area (Å²) in [7, 11) is 0. The fourth-order valence-corrected chi connectivity index (χ4v) is 2.93. The van der Waals surface area contributed by atoms with Crippen LogP contribution in [0.1, 0.15) is 30.9 Å². The van der Waals surface area contributed by atoms with Crippen LogP contribution in [-0.4, -0.2) is 11.9 Å². The molecule has 0 fully saturated rings. The van der Waals surface area contributed by atoms with Gasteiger partial charge < -0.3 is 11.1 Å². The maximum Gasteiger partial charge on any atom is 0.224 e. The first-order valence-electron chi connectivity index (χ1n) is 7.24. The zero-order valence-electron chi connectivity index (χ0n) is 11.8. The molecule has 0 saturated heterocycles. The largest absolute Gasteiger partial charge is 0.328 e. The number of benzene rings is 2. The lowest BCUT2D eigenvalue weighted by Crippen LogP contribution is -2.19. The van der Waals surface area contributed by atoms with Gasteiger partial charge in [-0.05, 0) is 48.8 Å². The first kappa shape index (κ1) is 13.1. The van der Waals surface area contributed by atoms with Gasteiger partial charge in [-0.15, -0.1) is 0 Å². The molecule has 1 amide bonds. The Labute approximate surface area is 119 Å². The lowest BCUT2D eigenvalue weighted by molar-refractivity contribution is -0.116. The van der Waals surface area contributed by atoms with Crippen molar-refractivity contribution in [1.29, 1.82) is 0 Å². The van der Waals surface area contributed by atoms with Crippen LogP contribution in [0.5, 0.6) is 0 Å². The van der Waals surface area contributed by atoms with E-state index in [9.17, 15) is 4.79 Å². The summed E-state index contributed by atoms with van der Waals surface area (Å²) in [6.45, 7) is 1.92. The molecule has 0 spiro atoms. The molecule has 1 aliphatic rings. The second-order valence-electron chi connectivity index (χ2n) is 5.68. The van der Waals surface area contributed by atoms with Crippen molar-refractivity contribution in [2.75, 3.05) is 5.32 Å². The van der Waals surface area contributed by atoms with Crippen LogP contribution in [0.4, 0.5) is 5.69 Å². The molecule has 0 heterocycles. The van der Waals surface area contributed by atoms with Crippen LogP contribution >= 0.6 is 0 Å². The van der Waals surface area contributed by atoms with E-state index in [0.29, 0.717) is 12.8 Å². The van der Waals surface area contributed by atoms with Gasteiger partial charge in [0.15, 0.2) is 0 Å². The van der Waals surface area contributed by atoms with Crippen LogP contribution in [0.25, 0.3) is 10.8 Å². The van der Waals surface area contributed by atoms with Crippen molar-refractivity contribution >= 4 is 22.4 Å². The predicted octanol–water partition coefficient (Wildman–Crippen LogP) is 3.00. The van der Waals surface area contributed by atoms with Crippen molar-refractivity contribution in [2.24, 2.45) is 5.73 Å². The number of rotatable bonds is 4. The van der Waals surface area contributed by atoms with Crippen molar-refractivity contribution in [3.05, 3.63) is 41.5 Å². The third-order valence-corrected chi connectivity index (χ3v) is 3.98. The Bertz CT molecular complexity index is 651. The van der Waals surface area contributed by atoms with Gasteiger partial charge in [0.1, 0.15) is 0 Å². The van der Waals surface area contributed by atoms with Crippen LogP contribution in [0, 0.1) is 0 Å². The number of nitrogens with two attached hydrogens (primary N) is 1. The molecule has 0 saturated carbocycles. The Morgan fingerprint density at radius 3 is 2.75 bits per heavy atom. The molecule has 3 rings (SSSR count). The summed E-state index contributed by atoms with van der Waals surface area (Å²) in [6.07, 6.45) is 3.40. The SMILES string of the molecule is CC(N)CCC(=O)Nc1ccc2c3c(cccc13)CC2. The summed E-state index contributed by atoms with van der Waals surface area (Å²) in [5.41, 5.74) is 9.40. The van der Waals surface area contributed by atoms with Gasteiger partial charge in [0.2, 0.25) is 5.91 Å². The maximum absolute atomic E-state index is 12.0. The fraction of sp³-hybridized carbons (Fsp3) is 0.353. The quantitative estimate of drug-likeness (QED) is 0.895. The molecule has 3 nitrogen and oxygen atoms in total. The Morgan fingerprint density at radius 2 is 2.00 bits per heavy atom. The van der Waals surface area contributed by atoms with Crippen LogP contribution < -0.4 is 11.1 Å². The molecule has 2 aromatic carbocycles. The van der Waals surface area contributed by atoms with E-state index in [-0.39, 0.29) is 11.9 Å². The molecule has 0 radical (unpaired) electrons. The molecular formula is C17H20N2O. The first-order chi connectivity index (χ1) is 9.65. The smallest absolute Gasteiger partial charge is 0.224 e. The standard InChI is InChI=1S/C17H20N2O/c1-11(18)5-10-16(20)19-15-9-8-13-7-6-12-3-2-4-14(15)17(12)13/h2-4,8-9,11H,5-7,10,18H2,1H3,(H,19,20). The van der Waals surface area contributed by atoms with E-state index in [2.05, 4.69) is 29.6 Å². The molecule has 3 N–H and O–H groups in total. The highest BCUT2D eigenvalue weighted by Crippen LogP contribution is 2.34. The molecule has 104 valence electrons. The van der Waals surface area contributed by atoms with Gasteiger partial charge in [-0.2, -0.15) is 0 Å². The number of carbonyl (C=O) groups is 1. The van der Waals surface area contributed by atoms with Crippen LogP contribution in [-0.2, 0) is 17.6 Å². The van der Waals surface area contributed by atoms with Crippen LogP contribution in [0.15, 0.2) is 30.3 Å². The van der Waals surface area contributed by atoms with Crippen LogP contribution in [0.3, 0.4) is 0 Å². The monoisotopic (exact) mass is 268 g/mol. The molecule has 1 aliphatic carbocycles. The van der Waals surface area contributed by atoms with Crippen molar-refractivity contribution in [2.45, 2.75) is 38.6 Å². The van der Waals surface area contributed by atoms with Gasteiger partial charge in [0.25, 0.3) is 0 Å². The van der Waals surface area contributed by atoms with Gasteiger partial charge in [0.05, 0.1) is 0 Å². The number of carbonyl (C=O) groups excluding carboxylic acids is 1. The summed E-state index contributed by atoms with van der Waals surface area (Å²) in [6, 6.07) is 10.6. The second-order valence-corrected chi connectivity index (χ2v) is 5.68. The third-order valence-electron chi connectivity index (χ3n) is 3.98. The van der Waals surface area contributed by atoms with Crippen molar-refractivity contribution < 1.29 is 4.79 Å². The fourth-order valence-electron chi connectivity index (χ4n) is 2.93. The normalized spacial score (nSPS) is 14.5. The Hall–Kier alpha value is -1.87. The Morgan fingerprint density at radius 1 is 1.25 bits per heavy atom. The number of hydrogen-bond acceptors (Lipinski definition) is 2. The molecule has 1 unspecified atom stereocenters. The van der Waals surface area contributed by atoms with Gasteiger partial charge in [-0.25, -0.2) is 0 Å². The predicted molar refractivity (Wildman–Crippen MR) is 82.9 cm³/mol. The summed E-state index contributed by atoms with van der Waals surface area (Å²) in [5, 5.41) is 5.52. The summed E-state index contributed by atoms with van der Waals surface area (Å²) >= 11 is 0. The molecule has 0 aromatic heterocycles. The topological polar surface area (TPSA) is 55.1 Å². The minimum absolute atomic E-state index is 0.0426. The highest BCUT2D eigenvalue weighted by Gasteiger charge is 2.16. The molecule has 3 heteroatoms. The number of nitrogens with one attached hydrogen (secondary N) is 1. The van der Waals surface area contributed by atoms with Crippen molar-refractivity contribution in [3.63, 3.8) is 0 Å². The second kappa shape index (κ2) is 5.25. The molecule has 1 atom stereocenters. The van der Waals surface area contributed by atoms with Crippen molar-refractivity contribution in [3.8, 4) is 0 Å². The van der Waals surface area contributed by atoms with E-state index in [1.165, 1.54) is 16.5 Å². The molecule has 0 aliphatic heterocycles. The number of hydrogen-bond donors (Lipinski definition) is 2. The number of anilines is 1. The van der Waals surface area contributed by atoms with E-state index in [1.807, 2.05) is 13.0 Å². The molecular weight excluding hydrogens is 248 g/mol. The minimum Gasteiger partial charge on any atom is -0.328 e. The summed E-state index contributed by atoms with van der Waals surface area (Å²) < 4.78 is 0. The highest BCUT2D eigenvalue weighted by atomic mass is 16.1. The third kappa shape index (κ3) is 2.41. The van der Waals surface area contributed by atoms with E-state index in [1.54, 1.807) is 0 Å². The van der Waals surface area contributed by atoms with E-state index >= 15 is 0 Å². The van der Waals surface area contributed by atoms with Gasteiger partial charge in [-0.3, -0.25) is 4.79 Å². The molecule has 0 bridgehead atoms. The zero-order valence-corrected chi connectivity index (χ0v) is 11.8. The summed E-state index contributed by atoms with van der Waals surface area (Å²) in [4.78, 5) is 12.0. The lowest BCUT2D eigenvalue weighted by atomic mass is 10.0. The minimum atomic E-state index is 0.0426. The van der Waals surface area contributed by atoms with Crippen molar-refractivity contribution in [1.82, 2.24) is 0 Å². The highest BCUT2D eigenvalue weighted by molar-refractivity contribution is 6.05. The first-order valence-corrected chi connectivity index (χ1v) is 7.24. The zero-order chi connectivity index (χ0) is 14.1. The average molecular weight is 268 g/mol. The number of amides is 1. The van der Waals surface area contributed by atoms with E-state index in [0.717, 1.165) is 23.9 Å². The lowest BCUT2D eigenvalue weighted by Gasteiger charge is -2.11. The Kier molecular flexibility index (Phi) is 3.45.